The Balaban J connectivity index is 2.44. The van der Waals surface area contributed by atoms with E-state index >= 15 is 0 Å². The van der Waals surface area contributed by atoms with Crippen LogP contribution in [0.25, 0.3) is 0 Å². The lowest BCUT2D eigenvalue weighted by molar-refractivity contribution is -0.00340. The van der Waals surface area contributed by atoms with Gasteiger partial charge in [0.1, 0.15) is 6.10 Å². The van der Waals surface area contributed by atoms with E-state index in [0.29, 0.717) is 6.54 Å². The van der Waals surface area contributed by atoms with Crippen molar-refractivity contribution in [3.8, 4) is 0 Å². The van der Waals surface area contributed by atoms with Crippen LogP contribution in [0.1, 0.15) is 19.4 Å². The zero-order chi connectivity index (χ0) is 14.3. The molecule has 1 atom stereocenters. The van der Waals surface area contributed by atoms with E-state index in [1.54, 1.807) is 0 Å². The number of hydrogen-bond acceptors (Lipinski definition) is 3. The molecule has 0 saturated carbocycles. The Labute approximate surface area is 113 Å². The zero-order valence-corrected chi connectivity index (χ0v) is 11.4. The maximum Gasteiger partial charge on any atom is 0.265 e. The number of nitrogens with one attached hydrogen (secondary N) is 1. The van der Waals surface area contributed by atoms with E-state index in [-0.39, 0.29) is 6.54 Å². The molecule has 0 spiro atoms. The van der Waals surface area contributed by atoms with Gasteiger partial charge in [0.05, 0.1) is 0 Å². The monoisotopic (exact) mass is 272 g/mol. The maximum absolute atomic E-state index is 12.1. The molecular weight excluding hydrogens is 250 g/mol. The highest BCUT2D eigenvalue weighted by Gasteiger charge is 2.15. The first kappa shape index (κ1) is 15.9. The van der Waals surface area contributed by atoms with Crippen LogP contribution in [0, 0.1) is 0 Å². The SMILES string of the molecule is CCN(CC)c1ccc(CNCC(O)C(F)F)cc1. The molecule has 0 aliphatic rings. The summed E-state index contributed by atoms with van der Waals surface area (Å²) in [5.74, 6) is 0. The van der Waals surface area contributed by atoms with Crippen molar-refractivity contribution < 1.29 is 13.9 Å². The molecule has 0 fully saturated rings. The summed E-state index contributed by atoms with van der Waals surface area (Å²) < 4.78 is 24.2. The fourth-order valence-electron chi connectivity index (χ4n) is 1.87. The van der Waals surface area contributed by atoms with E-state index < -0.39 is 12.5 Å². The van der Waals surface area contributed by atoms with E-state index in [0.717, 1.165) is 24.3 Å². The first-order chi connectivity index (χ1) is 9.08. The molecule has 19 heavy (non-hydrogen) atoms. The van der Waals surface area contributed by atoms with Crippen molar-refractivity contribution in [2.45, 2.75) is 32.9 Å². The third-order valence-corrected chi connectivity index (χ3v) is 3.04. The fourth-order valence-corrected chi connectivity index (χ4v) is 1.87. The lowest BCUT2D eigenvalue weighted by Crippen LogP contribution is -2.31. The standard InChI is InChI=1S/C14H22F2N2O/c1-3-18(4-2)12-7-5-11(6-8-12)9-17-10-13(19)14(15)16/h5-8,13-14,17,19H,3-4,9-10H2,1-2H3. The van der Waals surface area contributed by atoms with Crippen molar-refractivity contribution >= 4 is 5.69 Å². The Morgan fingerprint density at radius 3 is 2.21 bits per heavy atom. The Morgan fingerprint density at radius 2 is 1.74 bits per heavy atom. The fraction of sp³-hybridized carbons (Fsp3) is 0.571. The van der Waals surface area contributed by atoms with E-state index in [2.05, 4.69) is 24.1 Å². The lowest BCUT2D eigenvalue weighted by Gasteiger charge is -2.21. The van der Waals surface area contributed by atoms with Crippen LogP contribution >= 0.6 is 0 Å². The first-order valence-electron chi connectivity index (χ1n) is 6.59. The van der Waals surface area contributed by atoms with Crippen LogP contribution in [-0.4, -0.2) is 37.3 Å². The van der Waals surface area contributed by atoms with Gasteiger partial charge in [0.15, 0.2) is 0 Å². The normalized spacial score (nSPS) is 12.7. The van der Waals surface area contributed by atoms with Crippen LogP contribution in [0.2, 0.25) is 0 Å². The van der Waals surface area contributed by atoms with Crippen LogP contribution in [0.3, 0.4) is 0 Å². The van der Waals surface area contributed by atoms with Gasteiger partial charge >= 0.3 is 0 Å². The van der Waals surface area contributed by atoms with Crippen LogP contribution in [0.15, 0.2) is 24.3 Å². The highest BCUT2D eigenvalue weighted by Crippen LogP contribution is 2.14. The number of anilines is 1. The molecule has 0 heterocycles. The largest absolute Gasteiger partial charge is 0.386 e. The third kappa shape index (κ3) is 5.12. The second-order valence-electron chi connectivity index (χ2n) is 4.37. The molecule has 5 heteroatoms. The van der Waals surface area contributed by atoms with Crippen molar-refractivity contribution in [1.29, 1.82) is 0 Å². The molecule has 0 radical (unpaired) electrons. The van der Waals surface area contributed by atoms with Crippen molar-refractivity contribution in [3.63, 3.8) is 0 Å². The number of aliphatic hydroxyl groups excluding tert-OH is 1. The molecule has 0 aromatic heterocycles. The summed E-state index contributed by atoms with van der Waals surface area (Å²) in [4.78, 5) is 2.23. The molecule has 1 unspecified atom stereocenters. The Morgan fingerprint density at radius 1 is 1.16 bits per heavy atom. The molecule has 1 rings (SSSR count). The van der Waals surface area contributed by atoms with Crippen molar-refractivity contribution in [2.24, 2.45) is 0 Å². The number of alkyl halides is 2. The van der Waals surface area contributed by atoms with Crippen LogP contribution in [0.5, 0.6) is 0 Å². The molecule has 1 aromatic rings. The van der Waals surface area contributed by atoms with Crippen LogP contribution in [-0.2, 0) is 6.54 Å². The Hall–Kier alpha value is -1.20. The smallest absolute Gasteiger partial charge is 0.265 e. The summed E-state index contributed by atoms with van der Waals surface area (Å²) in [6.07, 6.45) is -4.30. The van der Waals surface area contributed by atoms with Gasteiger partial charge in [-0.25, -0.2) is 8.78 Å². The third-order valence-electron chi connectivity index (χ3n) is 3.04. The lowest BCUT2D eigenvalue weighted by atomic mass is 10.2. The number of aliphatic hydroxyl groups is 1. The first-order valence-corrected chi connectivity index (χ1v) is 6.59. The topological polar surface area (TPSA) is 35.5 Å². The van der Waals surface area contributed by atoms with Gasteiger partial charge < -0.3 is 15.3 Å². The van der Waals surface area contributed by atoms with Crippen LogP contribution in [0.4, 0.5) is 14.5 Å². The predicted molar refractivity (Wildman–Crippen MR) is 73.7 cm³/mol. The summed E-state index contributed by atoms with van der Waals surface area (Å²) in [7, 11) is 0. The van der Waals surface area contributed by atoms with E-state index in [4.69, 9.17) is 5.11 Å². The zero-order valence-electron chi connectivity index (χ0n) is 11.4. The van der Waals surface area contributed by atoms with E-state index in [9.17, 15) is 8.78 Å². The Kier molecular flexibility index (Phi) is 6.73. The van der Waals surface area contributed by atoms with Gasteiger partial charge in [0, 0.05) is 31.9 Å². The molecule has 2 N–H and O–H groups in total. The molecular formula is C14H22F2N2O. The molecule has 0 saturated heterocycles. The highest BCUT2D eigenvalue weighted by atomic mass is 19.3. The summed E-state index contributed by atoms with van der Waals surface area (Å²) in [6, 6.07) is 7.98. The van der Waals surface area contributed by atoms with E-state index in [1.165, 1.54) is 0 Å². The van der Waals surface area contributed by atoms with Gasteiger partial charge in [-0.05, 0) is 31.5 Å². The molecule has 0 aliphatic carbocycles. The van der Waals surface area contributed by atoms with Gasteiger partial charge in [-0.3, -0.25) is 0 Å². The number of halogens is 2. The summed E-state index contributed by atoms with van der Waals surface area (Å²) in [5.41, 5.74) is 2.17. The second kappa shape index (κ2) is 8.07. The quantitative estimate of drug-likeness (QED) is 0.762. The van der Waals surface area contributed by atoms with Gasteiger partial charge in [0.25, 0.3) is 6.43 Å². The van der Waals surface area contributed by atoms with Gasteiger partial charge in [-0.15, -0.1) is 0 Å². The minimum atomic E-state index is -2.70. The van der Waals surface area contributed by atoms with Crippen molar-refractivity contribution in [1.82, 2.24) is 5.32 Å². The van der Waals surface area contributed by atoms with Crippen LogP contribution < -0.4 is 10.2 Å². The van der Waals surface area contributed by atoms with Gasteiger partial charge in [0.2, 0.25) is 0 Å². The molecule has 1 aromatic carbocycles. The minimum Gasteiger partial charge on any atom is -0.386 e. The number of nitrogens with zero attached hydrogens (tertiary/aromatic N) is 1. The molecule has 108 valence electrons. The Bertz CT molecular complexity index is 353. The number of rotatable bonds is 8. The van der Waals surface area contributed by atoms with Gasteiger partial charge in [-0.1, -0.05) is 12.1 Å². The summed E-state index contributed by atoms with van der Waals surface area (Å²) in [5, 5.41) is 11.8. The average molecular weight is 272 g/mol. The van der Waals surface area contributed by atoms with E-state index in [1.807, 2.05) is 24.3 Å². The minimum absolute atomic E-state index is 0.102. The molecule has 0 bridgehead atoms. The molecule has 0 aliphatic heterocycles. The van der Waals surface area contributed by atoms with Gasteiger partial charge in [-0.2, -0.15) is 0 Å². The second-order valence-corrected chi connectivity index (χ2v) is 4.37. The predicted octanol–water partition coefficient (Wildman–Crippen LogP) is 2.25. The summed E-state index contributed by atoms with van der Waals surface area (Å²) in [6.45, 7) is 6.48. The maximum atomic E-state index is 12.1. The average Bonchev–Trinajstić information content (AvgIpc) is 2.41. The number of benzene rings is 1. The summed E-state index contributed by atoms with van der Waals surface area (Å²) >= 11 is 0. The van der Waals surface area contributed by atoms with Crippen molar-refractivity contribution in [2.75, 3.05) is 24.5 Å². The molecule has 0 amide bonds. The van der Waals surface area contributed by atoms with Crippen molar-refractivity contribution in [3.05, 3.63) is 29.8 Å². The molecule has 3 nitrogen and oxygen atoms in total. The number of hydrogen-bond donors (Lipinski definition) is 2. The highest BCUT2D eigenvalue weighted by molar-refractivity contribution is 5.47.